The van der Waals surface area contributed by atoms with Crippen LogP contribution in [-0.2, 0) is 13.0 Å². The van der Waals surface area contributed by atoms with Crippen molar-refractivity contribution in [3.05, 3.63) is 52.9 Å². The largest absolute Gasteiger partial charge is 0.455 e. The molecule has 26 heavy (non-hydrogen) atoms. The number of aromatic amines is 1. The fourth-order valence-electron chi connectivity index (χ4n) is 3.09. The number of nitrogens with zero attached hydrogens (tertiary/aromatic N) is 3. The number of amides is 1. The Balaban J connectivity index is 1.47. The topological polar surface area (TPSA) is 114 Å². The van der Waals surface area contributed by atoms with Crippen LogP contribution in [-0.4, -0.2) is 31.9 Å². The van der Waals surface area contributed by atoms with Gasteiger partial charge in [-0.2, -0.15) is 5.10 Å². The molecule has 1 aliphatic carbocycles. The first-order valence-electron chi connectivity index (χ1n) is 8.40. The SMILES string of the molecule is Cc1c(C(=O)NCc2nc(-c3ccccn3)n[nH]2)oc2c1C(=O)CCC2. The molecule has 0 radical (unpaired) electrons. The molecule has 2 N–H and O–H groups in total. The number of pyridine rings is 1. The predicted molar refractivity (Wildman–Crippen MR) is 91.5 cm³/mol. The van der Waals surface area contributed by atoms with Crippen LogP contribution >= 0.6 is 0 Å². The second kappa shape index (κ2) is 6.55. The van der Waals surface area contributed by atoms with Gasteiger partial charge in [0, 0.05) is 24.6 Å². The van der Waals surface area contributed by atoms with Crippen molar-refractivity contribution >= 4 is 11.7 Å². The van der Waals surface area contributed by atoms with E-state index in [1.807, 2.05) is 12.1 Å². The number of aryl methyl sites for hydroxylation is 1. The summed E-state index contributed by atoms with van der Waals surface area (Å²) in [5.74, 6) is 1.44. The van der Waals surface area contributed by atoms with Crippen molar-refractivity contribution in [2.24, 2.45) is 0 Å². The van der Waals surface area contributed by atoms with Gasteiger partial charge in [0.05, 0.1) is 12.1 Å². The minimum absolute atomic E-state index is 0.0433. The van der Waals surface area contributed by atoms with Gasteiger partial charge >= 0.3 is 0 Å². The monoisotopic (exact) mass is 351 g/mol. The first-order chi connectivity index (χ1) is 12.6. The van der Waals surface area contributed by atoms with E-state index in [0.717, 1.165) is 6.42 Å². The highest BCUT2D eigenvalue weighted by molar-refractivity contribution is 6.03. The van der Waals surface area contributed by atoms with E-state index in [1.54, 1.807) is 19.2 Å². The first-order valence-corrected chi connectivity index (χ1v) is 8.40. The van der Waals surface area contributed by atoms with Crippen LogP contribution in [0.1, 0.15) is 50.9 Å². The van der Waals surface area contributed by atoms with E-state index >= 15 is 0 Å². The standard InChI is InChI=1S/C18H17N5O3/c1-10-15-12(24)6-4-7-13(15)26-16(10)18(25)20-9-14-21-17(23-22-14)11-5-2-3-8-19-11/h2-3,5,8H,4,6-7,9H2,1H3,(H,20,25)(H,21,22,23). The molecule has 1 amide bonds. The number of carbonyl (C=O) groups is 2. The maximum Gasteiger partial charge on any atom is 0.287 e. The third kappa shape index (κ3) is 2.90. The number of Topliss-reactive ketones (excluding diaryl/α,β-unsaturated/α-hetero) is 1. The van der Waals surface area contributed by atoms with Crippen LogP contribution in [0.15, 0.2) is 28.8 Å². The number of nitrogens with one attached hydrogen (secondary N) is 2. The van der Waals surface area contributed by atoms with E-state index in [2.05, 4.69) is 25.5 Å². The van der Waals surface area contributed by atoms with Crippen molar-refractivity contribution in [1.29, 1.82) is 0 Å². The maximum absolute atomic E-state index is 12.4. The summed E-state index contributed by atoms with van der Waals surface area (Å²) in [7, 11) is 0. The van der Waals surface area contributed by atoms with Gasteiger partial charge in [-0.1, -0.05) is 6.07 Å². The lowest BCUT2D eigenvalue weighted by molar-refractivity contribution is 0.0916. The summed E-state index contributed by atoms with van der Waals surface area (Å²) in [5.41, 5.74) is 1.82. The number of hydrogen-bond acceptors (Lipinski definition) is 6. The summed E-state index contributed by atoms with van der Waals surface area (Å²) in [4.78, 5) is 33.0. The van der Waals surface area contributed by atoms with Crippen molar-refractivity contribution in [2.75, 3.05) is 0 Å². The van der Waals surface area contributed by atoms with E-state index in [4.69, 9.17) is 4.42 Å². The van der Waals surface area contributed by atoms with Crippen molar-refractivity contribution in [1.82, 2.24) is 25.5 Å². The van der Waals surface area contributed by atoms with E-state index in [0.29, 0.717) is 47.1 Å². The number of rotatable bonds is 4. The van der Waals surface area contributed by atoms with Crippen LogP contribution in [0.3, 0.4) is 0 Å². The normalized spacial score (nSPS) is 13.5. The van der Waals surface area contributed by atoms with Crippen molar-refractivity contribution < 1.29 is 14.0 Å². The number of H-pyrrole nitrogens is 1. The molecule has 0 unspecified atom stereocenters. The summed E-state index contributed by atoms with van der Waals surface area (Å²) >= 11 is 0. The van der Waals surface area contributed by atoms with E-state index in [1.165, 1.54) is 0 Å². The second-order valence-electron chi connectivity index (χ2n) is 6.13. The highest BCUT2D eigenvalue weighted by atomic mass is 16.4. The molecule has 8 nitrogen and oxygen atoms in total. The van der Waals surface area contributed by atoms with Gasteiger partial charge in [0.1, 0.15) is 17.3 Å². The van der Waals surface area contributed by atoms with Gasteiger partial charge in [0.25, 0.3) is 5.91 Å². The molecule has 0 aliphatic heterocycles. The maximum atomic E-state index is 12.4. The number of furan rings is 1. The van der Waals surface area contributed by atoms with Crippen LogP contribution in [0.25, 0.3) is 11.5 Å². The molecule has 3 heterocycles. The molecular formula is C18H17N5O3. The summed E-state index contributed by atoms with van der Waals surface area (Å²) < 4.78 is 5.64. The predicted octanol–water partition coefficient (Wildman–Crippen LogP) is 2.22. The van der Waals surface area contributed by atoms with Crippen molar-refractivity contribution in [2.45, 2.75) is 32.7 Å². The van der Waals surface area contributed by atoms with E-state index < -0.39 is 0 Å². The molecule has 0 fully saturated rings. The fourth-order valence-corrected chi connectivity index (χ4v) is 3.09. The first kappa shape index (κ1) is 16.2. The Bertz CT molecular complexity index is 974. The number of ketones is 1. The number of hydrogen-bond donors (Lipinski definition) is 2. The zero-order valence-electron chi connectivity index (χ0n) is 14.2. The van der Waals surface area contributed by atoms with Crippen molar-refractivity contribution in [3.8, 4) is 11.5 Å². The molecule has 132 valence electrons. The molecule has 0 spiro atoms. The lowest BCUT2D eigenvalue weighted by atomic mass is 9.94. The summed E-state index contributed by atoms with van der Waals surface area (Å²) in [6.45, 7) is 1.91. The van der Waals surface area contributed by atoms with Crippen LogP contribution in [0.4, 0.5) is 0 Å². The van der Waals surface area contributed by atoms with E-state index in [-0.39, 0.29) is 24.0 Å². The Kier molecular flexibility index (Phi) is 4.08. The highest BCUT2D eigenvalue weighted by Gasteiger charge is 2.28. The number of carbonyl (C=O) groups excluding carboxylic acids is 2. The zero-order valence-corrected chi connectivity index (χ0v) is 14.2. The Hall–Kier alpha value is -3.29. The molecular weight excluding hydrogens is 334 g/mol. The van der Waals surface area contributed by atoms with Gasteiger partial charge < -0.3 is 9.73 Å². The van der Waals surface area contributed by atoms with Crippen LogP contribution in [0, 0.1) is 6.92 Å². The summed E-state index contributed by atoms with van der Waals surface area (Å²) in [6.07, 6.45) is 3.61. The molecule has 0 aromatic carbocycles. The average Bonchev–Trinajstić information content (AvgIpc) is 3.26. The zero-order chi connectivity index (χ0) is 18.1. The molecule has 3 aromatic rings. The third-order valence-corrected chi connectivity index (χ3v) is 4.35. The Morgan fingerprint density at radius 3 is 3.00 bits per heavy atom. The lowest BCUT2D eigenvalue weighted by Gasteiger charge is -2.07. The average molecular weight is 351 g/mol. The molecule has 0 atom stereocenters. The summed E-state index contributed by atoms with van der Waals surface area (Å²) in [5, 5.41) is 9.63. The molecule has 8 heteroatoms. The van der Waals surface area contributed by atoms with Gasteiger partial charge in [-0.05, 0) is 25.5 Å². The fraction of sp³-hybridized carbons (Fsp3) is 0.278. The summed E-state index contributed by atoms with van der Waals surface area (Å²) in [6, 6.07) is 5.47. The molecule has 0 bridgehead atoms. The van der Waals surface area contributed by atoms with Crippen LogP contribution in [0.2, 0.25) is 0 Å². The quantitative estimate of drug-likeness (QED) is 0.745. The smallest absolute Gasteiger partial charge is 0.287 e. The Labute approximate surface area is 149 Å². The van der Waals surface area contributed by atoms with E-state index in [9.17, 15) is 9.59 Å². The third-order valence-electron chi connectivity index (χ3n) is 4.35. The van der Waals surface area contributed by atoms with Crippen LogP contribution in [0.5, 0.6) is 0 Å². The molecule has 3 aromatic heterocycles. The van der Waals surface area contributed by atoms with Gasteiger partial charge in [0.2, 0.25) is 0 Å². The minimum atomic E-state index is -0.375. The van der Waals surface area contributed by atoms with Gasteiger partial charge in [-0.25, -0.2) is 4.98 Å². The lowest BCUT2D eigenvalue weighted by Crippen LogP contribution is -2.23. The molecule has 1 aliphatic rings. The van der Waals surface area contributed by atoms with Crippen LogP contribution < -0.4 is 5.32 Å². The second-order valence-corrected chi connectivity index (χ2v) is 6.13. The Morgan fingerprint density at radius 2 is 2.23 bits per heavy atom. The molecule has 0 saturated carbocycles. The van der Waals surface area contributed by atoms with Crippen molar-refractivity contribution in [3.63, 3.8) is 0 Å². The number of fused-ring (bicyclic) bond motifs is 1. The molecule has 4 rings (SSSR count). The van der Waals surface area contributed by atoms with Gasteiger partial charge in [-0.3, -0.25) is 19.7 Å². The molecule has 0 saturated heterocycles. The minimum Gasteiger partial charge on any atom is -0.455 e. The number of aromatic nitrogens is 4. The highest BCUT2D eigenvalue weighted by Crippen LogP contribution is 2.29. The van der Waals surface area contributed by atoms with Gasteiger partial charge in [-0.15, -0.1) is 0 Å². The Morgan fingerprint density at radius 1 is 1.35 bits per heavy atom. The van der Waals surface area contributed by atoms with Gasteiger partial charge in [0.15, 0.2) is 17.4 Å².